The molecular weight excluding hydrogens is 376 g/mol. The Labute approximate surface area is 158 Å². The Bertz CT molecular complexity index is 1060. The number of aryl methyl sites for hydroxylation is 1. The number of fused-ring (bicyclic) bond motifs is 1. The lowest BCUT2D eigenvalue weighted by molar-refractivity contribution is -0.137. The van der Waals surface area contributed by atoms with Gasteiger partial charge in [0.1, 0.15) is 23.6 Å². The molecule has 28 heavy (non-hydrogen) atoms. The van der Waals surface area contributed by atoms with Crippen LogP contribution in [0.4, 0.5) is 17.6 Å². The van der Waals surface area contributed by atoms with E-state index in [1.54, 1.807) is 6.92 Å². The highest BCUT2D eigenvalue weighted by Crippen LogP contribution is 2.39. The highest BCUT2D eigenvalue weighted by molar-refractivity contribution is 5.77. The fourth-order valence-corrected chi connectivity index (χ4v) is 3.36. The Morgan fingerprint density at radius 2 is 1.75 bits per heavy atom. The first kappa shape index (κ1) is 20.0. The number of hydrogen-bond acceptors (Lipinski definition) is 3. The Kier molecular flexibility index (Phi) is 4.81. The van der Waals surface area contributed by atoms with E-state index in [2.05, 4.69) is 15.1 Å². The van der Waals surface area contributed by atoms with Crippen molar-refractivity contribution in [3.05, 3.63) is 57.3 Å². The summed E-state index contributed by atoms with van der Waals surface area (Å²) in [6, 6.07) is 4.19. The normalized spacial score (nSPS) is 13.9. The minimum absolute atomic E-state index is 0.0502. The zero-order valence-corrected chi connectivity index (χ0v) is 15.9. The summed E-state index contributed by atoms with van der Waals surface area (Å²) in [5.74, 6) is 0.337. The Hall–Kier alpha value is -2.71. The molecule has 5 nitrogen and oxygen atoms in total. The Balaban J connectivity index is 2.26. The molecule has 0 aliphatic heterocycles. The van der Waals surface area contributed by atoms with Crippen molar-refractivity contribution in [2.45, 2.75) is 46.6 Å². The SMILES string of the molecule is Cc1nc2c(c(CF)nn2[C@@H](c2ccc(C(F)(F)F)cc2)C(C)(C)C)c(=O)[nH]1. The first-order valence-corrected chi connectivity index (χ1v) is 8.64. The van der Waals surface area contributed by atoms with Crippen molar-refractivity contribution in [2.75, 3.05) is 0 Å². The van der Waals surface area contributed by atoms with Gasteiger partial charge in [-0.3, -0.25) is 4.79 Å². The first-order valence-electron chi connectivity index (χ1n) is 8.64. The Morgan fingerprint density at radius 1 is 1.14 bits per heavy atom. The summed E-state index contributed by atoms with van der Waals surface area (Å²) in [6.45, 7) is 6.30. The molecule has 0 unspecified atom stereocenters. The summed E-state index contributed by atoms with van der Waals surface area (Å²) in [5.41, 5.74) is -1.07. The fraction of sp³-hybridized carbons (Fsp3) is 0.421. The van der Waals surface area contributed by atoms with Gasteiger partial charge in [0.15, 0.2) is 5.65 Å². The number of nitrogens with one attached hydrogen (secondary N) is 1. The van der Waals surface area contributed by atoms with Crippen LogP contribution in [0, 0.1) is 12.3 Å². The highest BCUT2D eigenvalue weighted by atomic mass is 19.4. The first-order chi connectivity index (χ1) is 12.9. The number of halogens is 4. The van der Waals surface area contributed by atoms with E-state index in [4.69, 9.17) is 0 Å². The molecule has 0 radical (unpaired) electrons. The second-order valence-electron chi connectivity index (χ2n) is 7.76. The molecule has 1 atom stereocenters. The third-order valence-electron chi connectivity index (χ3n) is 4.50. The second kappa shape index (κ2) is 6.72. The third kappa shape index (κ3) is 3.53. The van der Waals surface area contributed by atoms with Crippen LogP contribution in [-0.4, -0.2) is 19.7 Å². The molecule has 0 saturated heterocycles. The summed E-state index contributed by atoms with van der Waals surface area (Å²) in [5, 5.41) is 4.31. The molecule has 0 bridgehead atoms. The van der Waals surface area contributed by atoms with Crippen LogP contribution in [0.3, 0.4) is 0 Å². The van der Waals surface area contributed by atoms with E-state index in [9.17, 15) is 22.4 Å². The van der Waals surface area contributed by atoms with E-state index < -0.39 is 35.4 Å². The van der Waals surface area contributed by atoms with Crippen molar-refractivity contribution in [3.63, 3.8) is 0 Å². The van der Waals surface area contributed by atoms with Crippen LogP contribution in [-0.2, 0) is 12.9 Å². The Morgan fingerprint density at radius 3 is 2.25 bits per heavy atom. The quantitative estimate of drug-likeness (QED) is 0.661. The second-order valence-corrected chi connectivity index (χ2v) is 7.76. The van der Waals surface area contributed by atoms with Crippen LogP contribution < -0.4 is 5.56 Å². The van der Waals surface area contributed by atoms with Crippen LogP contribution in [0.15, 0.2) is 29.1 Å². The molecule has 0 saturated carbocycles. The van der Waals surface area contributed by atoms with Gasteiger partial charge in [-0.2, -0.15) is 18.3 Å². The van der Waals surface area contributed by atoms with Crippen LogP contribution in [0.1, 0.15) is 49.5 Å². The molecule has 2 aromatic heterocycles. The van der Waals surface area contributed by atoms with Gasteiger partial charge in [0.25, 0.3) is 5.56 Å². The van der Waals surface area contributed by atoms with E-state index in [1.807, 2.05) is 20.8 Å². The molecular formula is C19H20F4N4O. The van der Waals surface area contributed by atoms with Gasteiger partial charge in [0.05, 0.1) is 11.6 Å². The number of aromatic amines is 1. The van der Waals surface area contributed by atoms with Gasteiger partial charge in [0.2, 0.25) is 0 Å². The third-order valence-corrected chi connectivity index (χ3v) is 4.50. The maximum atomic E-state index is 13.5. The monoisotopic (exact) mass is 396 g/mol. The summed E-state index contributed by atoms with van der Waals surface area (Å²) in [6.07, 6.45) is -4.44. The van der Waals surface area contributed by atoms with Crippen molar-refractivity contribution in [2.24, 2.45) is 5.41 Å². The van der Waals surface area contributed by atoms with E-state index in [0.29, 0.717) is 11.4 Å². The van der Waals surface area contributed by atoms with Crippen molar-refractivity contribution in [3.8, 4) is 0 Å². The molecule has 3 aromatic rings. The summed E-state index contributed by atoms with van der Waals surface area (Å²) in [7, 11) is 0. The van der Waals surface area contributed by atoms with Crippen LogP contribution in [0.25, 0.3) is 11.0 Å². The van der Waals surface area contributed by atoms with Crippen molar-refractivity contribution in [1.82, 2.24) is 19.7 Å². The zero-order valence-electron chi connectivity index (χ0n) is 15.9. The van der Waals surface area contributed by atoms with Gasteiger partial charge >= 0.3 is 6.18 Å². The predicted octanol–water partition coefficient (Wildman–Crippen LogP) is 4.55. The lowest BCUT2D eigenvalue weighted by atomic mass is 9.82. The van der Waals surface area contributed by atoms with Gasteiger partial charge in [-0.1, -0.05) is 32.9 Å². The molecule has 3 rings (SSSR count). The average molecular weight is 396 g/mol. The number of H-pyrrole nitrogens is 1. The molecule has 0 fully saturated rings. The smallest absolute Gasteiger partial charge is 0.310 e. The van der Waals surface area contributed by atoms with E-state index in [0.717, 1.165) is 12.1 Å². The molecule has 9 heteroatoms. The van der Waals surface area contributed by atoms with E-state index in [1.165, 1.54) is 16.8 Å². The number of benzene rings is 1. The number of aromatic nitrogens is 4. The lowest BCUT2D eigenvalue weighted by Gasteiger charge is -2.31. The van der Waals surface area contributed by atoms with Gasteiger partial charge in [-0.05, 0) is 30.0 Å². The highest BCUT2D eigenvalue weighted by Gasteiger charge is 2.34. The fourth-order valence-electron chi connectivity index (χ4n) is 3.36. The summed E-state index contributed by atoms with van der Waals surface area (Å²) in [4.78, 5) is 19.2. The zero-order chi connectivity index (χ0) is 20.9. The van der Waals surface area contributed by atoms with Gasteiger partial charge < -0.3 is 4.98 Å². The minimum atomic E-state index is -4.44. The molecule has 150 valence electrons. The average Bonchev–Trinajstić information content (AvgIpc) is 2.92. The van der Waals surface area contributed by atoms with Gasteiger partial charge in [-0.25, -0.2) is 14.1 Å². The van der Waals surface area contributed by atoms with Crippen molar-refractivity contribution < 1.29 is 17.6 Å². The number of alkyl halides is 4. The topological polar surface area (TPSA) is 63.6 Å². The molecule has 0 spiro atoms. The number of rotatable bonds is 3. The molecule has 0 amide bonds. The number of hydrogen-bond donors (Lipinski definition) is 1. The molecule has 1 aromatic carbocycles. The van der Waals surface area contributed by atoms with Crippen LogP contribution >= 0.6 is 0 Å². The van der Waals surface area contributed by atoms with E-state index >= 15 is 0 Å². The lowest BCUT2D eigenvalue weighted by Crippen LogP contribution is -2.27. The number of nitrogens with zero attached hydrogens (tertiary/aromatic N) is 3. The van der Waals surface area contributed by atoms with Gasteiger partial charge in [-0.15, -0.1) is 0 Å². The largest absolute Gasteiger partial charge is 0.416 e. The summed E-state index contributed by atoms with van der Waals surface area (Å²) < 4.78 is 53.7. The standard InChI is InChI=1S/C19H20F4N4O/c1-10-24-16-14(17(28)25-10)13(9-20)26-27(16)15(18(2,3)4)11-5-7-12(8-6-11)19(21,22)23/h5-8,15H,9H2,1-4H3,(H,24,25,28)/t15-/m0/s1. The van der Waals surface area contributed by atoms with Gasteiger partial charge in [0, 0.05) is 0 Å². The molecule has 0 aliphatic carbocycles. The van der Waals surface area contributed by atoms with Crippen molar-refractivity contribution >= 4 is 11.0 Å². The minimum Gasteiger partial charge on any atom is -0.310 e. The van der Waals surface area contributed by atoms with Crippen LogP contribution in [0.5, 0.6) is 0 Å². The maximum Gasteiger partial charge on any atom is 0.416 e. The summed E-state index contributed by atoms with van der Waals surface area (Å²) >= 11 is 0. The maximum absolute atomic E-state index is 13.5. The molecule has 0 aliphatic rings. The van der Waals surface area contributed by atoms with Crippen LogP contribution in [0.2, 0.25) is 0 Å². The predicted molar refractivity (Wildman–Crippen MR) is 96.7 cm³/mol. The van der Waals surface area contributed by atoms with Crippen molar-refractivity contribution in [1.29, 1.82) is 0 Å². The molecule has 2 heterocycles. The molecule has 1 N–H and O–H groups in total. The van der Waals surface area contributed by atoms with E-state index in [-0.39, 0.29) is 16.7 Å².